The Balaban J connectivity index is 1.47. The molecule has 5 N–H and O–H groups in total. The van der Waals surface area contributed by atoms with Crippen LogP contribution in [0, 0.1) is 5.92 Å². The predicted molar refractivity (Wildman–Crippen MR) is 127 cm³/mol. The molecular formula is C25H40N5O4+. The monoisotopic (exact) mass is 474 g/mol. The van der Waals surface area contributed by atoms with Gasteiger partial charge in [0.05, 0.1) is 6.10 Å². The van der Waals surface area contributed by atoms with Crippen LogP contribution in [0.4, 0.5) is 5.82 Å². The average molecular weight is 475 g/mol. The standard InChI is InChI=1S/C25H39N5O4/c1-2-3-13-29-23(32)21(22(31)19-7-5-4-6-8-19)27-24(33)25(29)11-14-28(15-12-25)16-18-9-10-20(26)30(34)17-18/h9-10,17,19,21-22,26,31,34H,2-8,11-16H2,1H3,(H,27,33)/p+1/t21-,22-/m1/s1. The summed E-state index contributed by atoms with van der Waals surface area (Å²) < 4.78 is 0.915. The van der Waals surface area contributed by atoms with Crippen molar-refractivity contribution in [2.45, 2.75) is 88.9 Å². The molecule has 4 rings (SSSR count). The number of unbranched alkanes of at least 4 members (excludes halogenated alkanes) is 1. The number of carbonyl (C=O) groups excluding carboxylic acids is 2. The van der Waals surface area contributed by atoms with Crippen LogP contribution < -0.4 is 15.8 Å². The van der Waals surface area contributed by atoms with E-state index in [0.717, 1.165) is 48.8 Å². The summed E-state index contributed by atoms with van der Waals surface area (Å²) in [6.07, 6.45) is 8.77. The summed E-state index contributed by atoms with van der Waals surface area (Å²) in [6.45, 7) is 4.58. The average Bonchev–Trinajstić information content (AvgIpc) is 2.85. The highest BCUT2D eigenvalue weighted by Crippen LogP contribution is 2.36. The maximum Gasteiger partial charge on any atom is 0.311 e. The summed E-state index contributed by atoms with van der Waals surface area (Å²) in [5.41, 5.74) is 5.75. The van der Waals surface area contributed by atoms with Crippen molar-refractivity contribution in [2.75, 3.05) is 25.4 Å². The quantitative estimate of drug-likeness (QED) is 0.348. The number of rotatable bonds is 7. The largest absolute Gasteiger partial charge is 0.390 e. The number of hydrogen-bond donors (Lipinski definition) is 4. The zero-order chi connectivity index (χ0) is 24.3. The van der Waals surface area contributed by atoms with Crippen LogP contribution in [0.25, 0.3) is 0 Å². The fourth-order valence-electron chi connectivity index (χ4n) is 5.93. The van der Waals surface area contributed by atoms with E-state index < -0.39 is 17.7 Å². The lowest BCUT2D eigenvalue weighted by Crippen LogP contribution is -2.75. The van der Waals surface area contributed by atoms with Gasteiger partial charge in [-0.05, 0) is 44.1 Å². The summed E-state index contributed by atoms with van der Waals surface area (Å²) in [6, 6.07) is 2.71. The second-order valence-electron chi connectivity index (χ2n) is 10.3. The second-order valence-corrected chi connectivity index (χ2v) is 10.3. The predicted octanol–water partition coefficient (Wildman–Crippen LogP) is 1.20. The number of amides is 2. The van der Waals surface area contributed by atoms with Crippen molar-refractivity contribution in [3.63, 3.8) is 0 Å². The van der Waals surface area contributed by atoms with Crippen LogP contribution in [-0.2, 0) is 16.1 Å². The van der Waals surface area contributed by atoms with E-state index in [1.807, 2.05) is 6.07 Å². The van der Waals surface area contributed by atoms with E-state index in [4.69, 9.17) is 5.73 Å². The lowest BCUT2D eigenvalue weighted by molar-refractivity contribution is -0.893. The Kier molecular flexibility index (Phi) is 7.62. The van der Waals surface area contributed by atoms with Crippen molar-refractivity contribution in [1.82, 2.24) is 15.1 Å². The number of aromatic nitrogens is 1. The molecule has 1 aliphatic carbocycles. The molecule has 1 spiro atoms. The summed E-state index contributed by atoms with van der Waals surface area (Å²) >= 11 is 0. The highest BCUT2D eigenvalue weighted by Gasteiger charge is 2.55. The third-order valence-electron chi connectivity index (χ3n) is 8.08. The molecule has 0 bridgehead atoms. The summed E-state index contributed by atoms with van der Waals surface area (Å²) in [7, 11) is 0. The zero-order valence-corrected chi connectivity index (χ0v) is 20.3. The molecule has 188 valence electrons. The number of nitrogen functional groups attached to an aromatic ring is 1. The molecule has 0 unspecified atom stereocenters. The van der Waals surface area contributed by atoms with Crippen molar-refractivity contribution < 1.29 is 24.6 Å². The molecule has 1 aromatic rings. The number of nitrogens with one attached hydrogen (secondary N) is 1. The number of pyridine rings is 1. The number of piperazine rings is 1. The molecule has 0 radical (unpaired) electrons. The van der Waals surface area contributed by atoms with Gasteiger partial charge in [0.15, 0.2) is 0 Å². The number of carbonyl (C=O) groups is 2. The fourth-order valence-corrected chi connectivity index (χ4v) is 5.93. The molecule has 34 heavy (non-hydrogen) atoms. The SMILES string of the molecule is CCCCN1C(=O)[C@@H]([C@H](O)C2CCCCC2)NC(=O)C12CCN(Cc1ccc(N)[n+](O)c1)CC2. The van der Waals surface area contributed by atoms with Gasteiger partial charge in [-0.2, -0.15) is 0 Å². The Bertz CT molecular complexity index is 880. The lowest BCUT2D eigenvalue weighted by atomic mass is 9.78. The smallest absolute Gasteiger partial charge is 0.311 e. The molecule has 3 aliphatic rings. The molecule has 1 saturated carbocycles. The van der Waals surface area contributed by atoms with Crippen LogP contribution >= 0.6 is 0 Å². The molecule has 3 fully saturated rings. The number of piperidine rings is 1. The highest BCUT2D eigenvalue weighted by atomic mass is 16.5. The number of aliphatic hydroxyl groups excluding tert-OH is 1. The van der Waals surface area contributed by atoms with Gasteiger partial charge in [0.1, 0.15) is 17.8 Å². The number of hydrogen-bond acceptors (Lipinski definition) is 6. The van der Waals surface area contributed by atoms with Crippen LogP contribution in [-0.4, -0.2) is 69.2 Å². The van der Waals surface area contributed by atoms with Crippen LogP contribution in [0.5, 0.6) is 0 Å². The van der Waals surface area contributed by atoms with Crippen LogP contribution in [0.3, 0.4) is 0 Å². The second kappa shape index (κ2) is 10.5. The Morgan fingerprint density at radius 3 is 2.56 bits per heavy atom. The molecule has 0 aromatic carbocycles. The minimum absolute atomic E-state index is 0.0705. The first kappa shape index (κ1) is 24.7. The minimum atomic E-state index is -0.858. The van der Waals surface area contributed by atoms with Gasteiger partial charge in [0.2, 0.25) is 11.8 Å². The van der Waals surface area contributed by atoms with Crippen molar-refractivity contribution in [1.29, 1.82) is 0 Å². The third-order valence-corrected chi connectivity index (χ3v) is 8.08. The summed E-state index contributed by atoms with van der Waals surface area (Å²) in [5, 5.41) is 23.9. The Hall–Kier alpha value is -2.39. The zero-order valence-electron chi connectivity index (χ0n) is 20.3. The third kappa shape index (κ3) is 4.86. The van der Waals surface area contributed by atoms with Crippen molar-refractivity contribution >= 4 is 17.6 Å². The van der Waals surface area contributed by atoms with Gasteiger partial charge in [0.25, 0.3) is 0 Å². The highest BCUT2D eigenvalue weighted by molar-refractivity contribution is 6.00. The van der Waals surface area contributed by atoms with Crippen molar-refractivity contribution in [3.05, 3.63) is 23.9 Å². The first-order valence-electron chi connectivity index (χ1n) is 12.9. The van der Waals surface area contributed by atoms with Gasteiger partial charge >= 0.3 is 5.82 Å². The molecule has 3 heterocycles. The molecule has 2 saturated heterocycles. The first-order valence-corrected chi connectivity index (χ1v) is 12.9. The van der Waals surface area contributed by atoms with Crippen molar-refractivity contribution in [3.8, 4) is 0 Å². The molecule has 2 atom stereocenters. The molecule has 2 aliphatic heterocycles. The van der Waals surface area contributed by atoms with Gasteiger partial charge in [-0.3, -0.25) is 20.2 Å². The van der Waals surface area contributed by atoms with Crippen LogP contribution in [0.1, 0.15) is 70.3 Å². The van der Waals surface area contributed by atoms with Crippen LogP contribution in [0.15, 0.2) is 18.3 Å². The topological polar surface area (TPSA) is 123 Å². The fraction of sp³-hybridized carbons (Fsp3) is 0.720. The minimum Gasteiger partial charge on any atom is -0.390 e. The number of nitrogens with two attached hydrogens (primary N) is 1. The number of nitrogens with zero attached hydrogens (tertiary/aromatic N) is 3. The van der Waals surface area contributed by atoms with Gasteiger partial charge in [-0.1, -0.05) is 37.3 Å². The first-order chi connectivity index (χ1) is 16.4. The van der Waals surface area contributed by atoms with E-state index in [9.17, 15) is 19.9 Å². The van der Waals surface area contributed by atoms with Crippen LogP contribution in [0.2, 0.25) is 0 Å². The van der Waals surface area contributed by atoms with E-state index in [-0.39, 0.29) is 23.6 Å². The lowest BCUT2D eigenvalue weighted by Gasteiger charge is -2.52. The normalized spacial score (nSPS) is 24.9. The Morgan fingerprint density at radius 2 is 1.91 bits per heavy atom. The maximum absolute atomic E-state index is 13.7. The summed E-state index contributed by atoms with van der Waals surface area (Å²) in [5.74, 6) is 0.0965. The van der Waals surface area contributed by atoms with Gasteiger partial charge in [0, 0.05) is 37.8 Å². The Morgan fingerprint density at radius 1 is 1.21 bits per heavy atom. The number of likely N-dealkylation sites (tertiary alicyclic amines) is 1. The molecule has 9 nitrogen and oxygen atoms in total. The van der Waals surface area contributed by atoms with E-state index in [2.05, 4.69) is 17.1 Å². The molecule has 9 heteroatoms. The van der Waals surface area contributed by atoms with E-state index >= 15 is 0 Å². The Labute approximate surface area is 201 Å². The van der Waals surface area contributed by atoms with Gasteiger partial charge in [-0.15, -0.1) is 0 Å². The van der Waals surface area contributed by atoms with Gasteiger partial charge in [-0.25, -0.2) is 0 Å². The van der Waals surface area contributed by atoms with E-state index in [1.54, 1.807) is 17.2 Å². The number of anilines is 1. The molecular weight excluding hydrogens is 434 g/mol. The maximum atomic E-state index is 13.7. The molecule has 2 amide bonds. The molecule has 1 aromatic heterocycles. The van der Waals surface area contributed by atoms with E-state index in [0.29, 0.717) is 39.0 Å². The van der Waals surface area contributed by atoms with Gasteiger partial charge < -0.3 is 20.5 Å². The summed E-state index contributed by atoms with van der Waals surface area (Å²) in [4.78, 5) is 31.3. The van der Waals surface area contributed by atoms with Crippen molar-refractivity contribution in [2.24, 2.45) is 5.92 Å². The number of aliphatic hydroxyl groups is 1. The van der Waals surface area contributed by atoms with E-state index in [1.165, 1.54) is 6.42 Å².